The van der Waals surface area contributed by atoms with Crippen molar-refractivity contribution >= 4 is 17.5 Å². The summed E-state index contributed by atoms with van der Waals surface area (Å²) in [4.78, 5) is 32.2. The zero-order valence-electron chi connectivity index (χ0n) is 21.5. The molecule has 6 rings (SSSR count). The lowest BCUT2D eigenvalue weighted by molar-refractivity contribution is -0.132. The van der Waals surface area contributed by atoms with E-state index in [1.165, 1.54) is 6.07 Å². The van der Waals surface area contributed by atoms with Crippen LogP contribution in [0, 0.1) is 12.8 Å². The number of morpholine rings is 1. The van der Waals surface area contributed by atoms with Gasteiger partial charge >= 0.3 is 0 Å². The number of nitrogens with zero attached hydrogens (tertiary/aromatic N) is 5. The number of fused-ring (bicyclic) bond motifs is 3. The maximum atomic E-state index is 13.4. The fraction of sp³-hybridized carbons (Fsp3) is 0.593. The minimum Gasteiger partial charge on any atom is -0.394 e. The number of anilines is 1. The van der Waals surface area contributed by atoms with Gasteiger partial charge in [-0.3, -0.25) is 14.3 Å². The van der Waals surface area contributed by atoms with E-state index in [4.69, 9.17) is 4.74 Å². The normalized spacial score (nSPS) is 24.6. The number of aliphatic hydroxyl groups is 1. The highest BCUT2D eigenvalue weighted by Crippen LogP contribution is 2.57. The molecule has 1 aromatic heterocycles. The number of hydrogen-bond acceptors (Lipinski definition) is 6. The molecule has 0 unspecified atom stereocenters. The first-order valence-electron chi connectivity index (χ1n) is 13.4. The van der Waals surface area contributed by atoms with Crippen molar-refractivity contribution < 1.29 is 28.2 Å². The molecule has 3 atom stereocenters. The molecule has 1 saturated carbocycles. The number of piperazine rings is 1. The Hall–Kier alpha value is -3.05. The number of benzene rings is 1. The number of halogens is 2. The van der Waals surface area contributed by atoms with Crippen molar-refractivity contribution in [2.75, 3.05) is 57.4 Å². The molecule has 0 radical (unpaired) electrons. The minimum absolute atomic E-state index is 0.0425. The molecule has 204 valence electrons. The highest BCUT2D eigenvalue weighted by atomic mass is 19.3. The van der Waals surface area contributed by atoms with Crippen LogP contribution in [-0.2, 0) is 22.5 Å². The third kappa shape index (κ3) is 4.45. The number of alkyl halides is 2. The number of hydrogen-bond donors (Lipinski definition) is 1. The predicted octanol–water partition coefficient (Wildman–Crippen LogP) is 1.97. The zero-order valence-corrected chi connectivity index (χ0v) is 21.5. The van der Waals surface area contributed by atoms with Gasteiger partial charge in [-0.05, 0) is 43.2 Å². The van der Waals surface area contributed by atoms with Gasteiger partial charge in [0.15, 0.2) is 5.69 Å². The van der Waals surface area contributed by atoms with E-state index in [0.29, 0.717) is 69.0 Å². The zero-order chi connectivity index (χ0) is 26.6. The van der Waals surface area contributed by atoms with Crippen molar-refractivity contribution in [2.24, 2.45) is 5.92 Å². The molecule has 2 aliphatic heterocycles. The van der Waals surface area contributed by atoms with E-state index in [2.05, 4.69) is 10.00 Å². The van der Waals surface area contributed by atoms with Crippen molar-refractivity contribution in [2.45, 2.75) is 44.8 Å². The molecular formula is C27H33F2N5O4. The van der Waals surface area contributed by atoms with Crippen molar-refractivity contribution in [3.63, 3.8) is 0 Å². The van der Waals surface area contributed by atoms with E-state index in [9.17, 15) is 23.5 Å². The highest BCUT2D eigenvalue weighted by Gasteiger charge is 2.50. The van der Waals surface area contributed by atoms with Gasteiger partial charge in [0.25, 0.3) is 12.3 Å². The van der Waals surface area contributed by atoms with Gasteiger partial charge in [0.1, 0.15) is 6.54 Å². The molecule has 1 aromatic carbocycles. The molecule has 2 saturated heterocycles. The molecule has 3 heterocycles. The Morgan fingerprint density at radius 1 is 1.16 bits per heavy atom. The van der Waals surface area contributed by atoms with Crippen molar-refractivity contribution in [3.8, 4) is 0 Å². The van der Waals surface area contributed by atoms with E-state index in [1.807, 2.05) is 6.07 Å². The fourth-order valence-electron chi connectivity index (χ4n) is 6.29. The summed E-state index contributed by atoms with van der Waals surface area (Å²) >= 11 is 0. The number of ether oxygens (including phenoxy) is 1. The second-order valence-electron chi connectivity index (χ2n) is 10.8. The Labute approximate surface area is 219 Å². The molecule has 9 nitrogen and oxygen atoms in total. The van der Waals surface area contributed by atoms with Gasteiger partial charge in [0.2, 0.25) is 5.91 Å². The van der Waals surface area contributed by atoms with Crippen LogP contribution in [0.15, 0.2) is 18.2 Å². The van der Waals surface area contributed by atoms with Crippen LogP contribution >= 0.6 is 0 Å². The molecule has 11 heteroatoms. The van der Waals surface area contributed by atoms with Crippen LogP contribution in [0.25, 0.3) is 0 Å². The van der Waals surface area contributed by atoms with Gasteiger partial charge in [-0.2, -0.15) is 5.10 Å². The van der Waals surface area contributed by atoms with Crippen molar-refractivity contribution in [1.82, 2.24) is 19.6 Å². The lowest BCUT2D eigenvalue weighted by Gasteiger charge is -2.37. The predicted molar refractivity (Wildman–Crippen MR) is 134 cm³/mol. The van der Waals surface area contributed by atoms with Crippen LogP contribution in [0.1, 0.15) is 51.6 Å². The molecule has 0 spiro atoms. The molecular weight excluding hydrogens is 496 g/mol. The molecule has 0 bridgehead atoms. The highest BCUT2D eigenvalue weighted by molar-refractivity contribution is 5.95. The number of amides is 2. The van der Waals surface area contributed by atoms with Crippen LogP contribution in [0.2, 0.25) is 0 Å². The van der Waals surface area contributed by atoms with E-state index in [1.54, 1.807) is 27.5 Å². The van der Waals surface area contributed by atoms with Crippen molar-refractivity contribution in [1.29, 1.82) is 0 Å². The number of aliphatic hydroxyl groups excluding tert-OH is 1. The monoisotopic (exact) mass is 529 g/mol. The third-order valence-electron chi connectivity index (χ3n) is 8.52. The summed E-state index contributed by atoms with van der Waals surface area (Å²) in [5.41, 5.74) is 3.84. The summed E-state index contributed by atoms with van der Waals surface area (Å²) in [6, 6.07) is 4.97. The van der Waals surface area contributed by atoms with Crippen LogP contribution in [0.3, 0.4) is 0 Å². The average molecular weight is 530 g/mol. The lowest BCUT2D eigenvalue weighted by atomic mass is 10.1. The maximum absolute atomic E-state index is 13.4. The first-order chi connectivity index (χ1) is 18.4. The molecule has 4 aliphatic rings. The average Bonchev–Trinajstić information content (AvgIpc) is 3.46. The van der Waals surface area contributed by atoms with E-state index < -0.39 is 12.5 Å². The molecule has 3 fully saturated rings. The Kier molecular flexibility index (Phi) is 6.59. The molecule has 2 aliphatic carbocycles. The SMILES string of the molecule is Cc1c(C(F)F)cccc1N1CCN(C(=O)Cn2nc(C(=O)N3CCO[C@@H](CO)C3)c3c2C[C@H]2C[C@@H]32)CC1. The Morgan fingerprint density at radius 2 is 1.95 bits per heavy atom. The van der Waals surface area contributed by atoms with E-state index in [0.717, 1.165) is 29.8 Å². The smallest absolute Gasteiger partial charge is 0.274 e. The number of aromatic nitrogens is 2. The van der Waals surface area contributed by atoms with Gasteiger partial charge in [-0.25, -0.2) is 8.78 Å². The largest absolute Gasteiger partial charge is 0.394 e. The second kappa shape index (κ2) is 9.92. The van der Waals surface area contributed by atoms with Crippen LogP contribution in [-0.4, -0.2) is 95.1 Å². The summed E-state index contributed by atoms with van der Waals surface area (Å²) in [5, 5.41) is 14.1. The number of carbonyl (C=O) groups is 2. The lowest BCUT2D eigenvalue weighted by Crippen LogP contribution is -2.50. The van der Waals surface area contributed by atoms with Gasteiger partial charge in [0, 0.05) is 61.8 Å². The van der Waals surface area contributed by atoms with E-state index >= 15 is 0 Å². The molecule has 38 heavy (non-hydrogen) atoms. The summed E-state index contributed by atoms with van der Waals surface area (Å²) < 4.78 is 33.9. The third-order valence-corrected chi connectivity index (χ3v) is 8.52. The Morgan fingerprint density at radius 3 is 2.68 bits per heavy atom. The maximum Gasteiger partial charge on any atom is 0.274 e. The Balaban J connectivity index is 1.14. The first kappa shape index (κ1) is 25.2. The van der Waals surface area contributed by atoms with Crippen LogP contribution in [0.4, 0.5) is 14.5 Å². The van der Waals surface area contributed by atoms with Gasteiger partial charge in [-0.1, -0.05) is 12.1 Å². The molecule has 2 aromatic rings. The topological polar surface area (TPSA) is 91.1 Å². The van der Waals surface area contributed by atoms with Crippen LogP contribution in [0.5, 0.6) is 0 Å². The first-order valence-corrected chi connectivity index (χ1v) is 13.4. The Bertz CT molecular complexity index is 1240. The summed E-state index contributed by atoms with van der Waals surface area (Å²) in [5.74, 6) is 0.663. The summed E-state index contributed by atoms with van der Waals surface area (Å²) in [6.07, 6.45) is -1.01. The fourth-order valence-corrected chi connectivity index (χ4v) is 6.29. The van der Waals surface area contributed by atoms with Gasteiger partial charge < -0.3 is 24.5 Å². The number of carbonyl (C=O) groups excluding carboxylic acids is 2. The second-order valence-corrected chi connectivity index (χ2v) is 10.8. The molecule has 1 N–H and O–H groups in total. The van der Waals surface area contributed by atoms with Crippen molar-refractivity contribution in [3.05, 3.63) is 46.3 Å². The van der Waals surface area contributed by atoms with E-state index in [-0.39, 0.29) is 30.5 Å². The molecule has 2 amide bonds. The van der Waals surface area contributed by atoms with Gasteiger partial charge in [0.05, 0.1) is 19.3 Å². The number of rotatable bonds is 6. The van der Waals surface area contributed by atoms with Gasteiger partial charge in [-0.15, -0.1) is 0 Å². The minimum atomic E-state index is -2.52. The summed E-state index contributed by atoms with van der Waals surface area (Å²) in [6.45, 7) is 4.93. The quantitative estimate of drug-likeness (QED) is 0.616. The summed E-state index contributed by atoms with van der Waals surface area (Å²) in [7, 11) is 0. The standard InChI is InChI=1S/C27H33F2N5O4/c1-16-19(26(28)29)3-2-4-21(16)31-5-7-32(8-6-31)23(36)14-34-22-12-17-11-20(17)24(22)25(30-34)27(37)33-9-10-38-18(13-33)15-35/h2-4,17-18,20,26,35H,5-15H2,1H3/t17-,18-,20-/m1/s1. The van der Waals surface area contributed by atoms with Crippen LogP contribution < -0.4 is 4.90 Å².